The number of hydrogen-bond donors (Lipinski definition) is 2. The van der Waals surface area contributed by atoms with E-state index in [1.165, 1.54) is 12.8 Å². The highest BCUT2D eigenvalue weighted by Gasteiger charge is 2.24. The van der Waals surface area contributed by atoms with E-state index in [0.29, 0.717) is 17.8 Å². The molecule has 0 spiro atoms. The van der Waals surface area contributed by atoms with Crippen LogP contribution in [0.4, 0.5) is 5.69 Å². The molecular formula is C18H26ClN3O2. The summed E-state index contributed by atoms with van der Waals surface area (Å²) in [5.41, 5.74) is 2.16. The topological polar surface area (TPSA) is 61.4 Å². The lowest BCUT2D eigenvalue weighted by Crippen LogP contribution is -2.32. The summed E-state index contributed by atoms with van der Waals surface area (Å²) >= 11 is 0. The number of amides is 2. The molecule has 0 radical (unpaired) electrons. The number of nitrogens with one attached hydrogen (secondary N) is 2. The Hall–Kier alpha value is -1.59. The summed E-state index contributed by atoms with van der Waals surface area (Å²) in [4.78, 5) is 26.7. The van der Waals surface area contributed by atoms with Gasteiger partial charge in [0, 0.05) is 13.1 Å². The third kappa shape index (κ3) is 4.71. The molecule has 2 fully saturated rings. The molecule has 0 unspecified atom stereocenters. The van der Waals surface area contributed by atoms with Crippen molar-refractivity contribution in [2.75, 3.05) is 31.5 Å². The van der Waals surface area contributed by atoms with E-state index in [-0.39, 0.29) is 24.2 Å². The highest BCUT2D eigenvalue weighted by Crippen LogP contribution is 2.27. The number of hydrogen-bond acceptors (Lipinski definition) is 3. The quantitative estimate of drug-likeness (QED) is 0.828. The average Bonchev–Trinajstić information content (AvgIpc) is 3.17. The zero-order chi connectivity index (χ0) is 16.2. The van der Waals surface area contributed by atoms with E-state index in [1.807, 2.05) is 30.0 Å². The summed E-state index contributed by atoms with van der Waals surface area (Å²) in [5.74, 6) is 0.683. The van der Waals surface area contributed by atoms with Crippen molar-refractivity contribution in [1.82, 2.24) is 10.2 Å². The van der Waals surface area contributed by atoms with E-state index < -0.39 is 0 Å². The fraction of sp³-hybridized carbons (Fsp3) is 0.556. The third-order valence-electron chi connectivity index (χ3n) is 4.57. The molecule has 5 nitrogen and oxygen atoms in total. The second kappa shape index (κ2) is 8.49. The number of anilines is 1. The first-order valence-electron chi connectivity index (χ1n) is 8.54. The van der Waals surface area contributed by atoms with Crippen LogP contribution in [-0.4, -0.2) is 42.9 Å². The van der Waals surface area contributed by atoms with E-state index in [4.69, 9.17) is 0 Å². The van der Waals surface area contributed by atoms with Crippen LogP contribution in [0.3, 0.4) is 0 Å². The van der Waals surface area contributed by atoms with Crippen LogP contribution in [0.5, 0.6) is 0 Å². The van der Waals surface area contributed by atoms with Gasteiger partial charge in [-0.3, -0.25) is 9.59 Å². The van der Waals surface area contributed by atoms with Gasteiger partial charge in [-0.05, 0) is 56.7 Å². The maximum atomic E-state index is 12.7. The molecule has 1 aromatic rings. The lowest BCUT2D eigenvalue weighted by atomic mass is 10.0. The zero-order valence-corrected chi connectivity index (χ0v) is 15.0. The lowest BCUT2D eigenvalue weighted by molar-refractivity contribution is -0.115. The Labute approximate surface area is 149 Å². The van der Waals surface area contributed by atoms with Crippen molar-refractivity contribution in [1.29, 1.82) is 0 Å². The van der Waals surface area contributed by atoms with E-state index in [2.05, 4.69) is 10.6 Å². The van der Waals surface area contributed by atoms with Gasteiger partial charge in [-0.1, -0.05) is 12.1 Å². The van der Waals surface area contributed by atoms with Crippen molar-refractivity contribution in [2.24, 2.45) is 5.92 Å². The van der Waals surface area contributed by atoms with Crippen LogP contribution in [0.25, 0.3) is 0 Å². The second-order valence-electron chi connectivity index (χ2n) is 6.62. The molecule has 2 N–H and O–H groups in total. The molecule has 0 atom stereocenters. The van der Waals surface area contributed by atoms with Crippen molar-refractivity contribution in [2.45, 2.75) is 32.6 Å². The Morgan fingerprint density at radius 3 is 2.58 bits per heavy atom. The van der Waals surface area contributed by atoms with Crippen LogP contribution in [0.2, 0.25) is 0 Å². The standard InChI is InChI=1S/C18H25N3O2.ClH/c1-13-5-4-6-15(17(13)18(23)21-9-2-3-10-21)20-16(22)12-19-11-14-7-8-14;/h4-6,14,19H,2-3,7-12H2,1H3,(H,20,22);1H. The maximum absolute atomic E-state index is 12.7. The largest absolute Gasteiger partial charge is 0.339 e. The molecule has 1 heterocycles. The van der Waals surface area contributed by atoms with E-state index in [1.54, 1.807) is 0 Å². The molecule has 3 rings (SSSR count). The fourth-order valence-corrected chi connectivity index (χ4v) is 3.04. The minimum absolute atomic E-state index is 0. The van der Waals surface area contributed by atoms with Crippen LogP contribution in [0.1, 0.15) is 41.6 Å². The molecule has 6 heteroatoms. The summed E-state index contributed by atoms with van der Waals surface area (Å²) in [5, 5.41) is 6.08. The summed E-state index contributed by atoms with van der Waals surface area (Å²) in [6.45, 7) is 4.74. The molecule has 1 aromatic carbocycles. The normalized spacial score (nSPS) is 16.6. The molecule has 1 saturated carbocycles. The van der Waals surface area contributed by atoms with Gasteiger partial charge in [-0.25, -0.2) is 0 Å². The van der Waals surface area contributed by atoms with Gasteiger partial charge in [-0.15, -0.1) is 12.4 Å². The monoisotopic (exact) mass is 351 g/mol. The highest BCUT2D eigenvalue weighted by atomic mass is 35.5. The summed E-state index contributed by atoms with van der Waals surface area (Å²) < 4.78 is 0. The lowest BCUT2D eigenvalue weighted by Gasteiger charge is -2.19. The van der Waals surface area contributed by atoms with Crippen LogP contribution >= 0.6 is 12.4 Å². The summed E-state index contributed by atoms with van der Waals surface area (Å²) in [7, 11) is 0. The molecule has 1 aliphatic carbocycles. The van der Waals surface area contributed by atoms with Gasteiger partial charge in [0.2, 0.25) is 5.91 Å². The van der Waals surface area contributed by atoms with Crippen molar-refractivity contribution < 1.29 is 9.59 Å². The smallest absolute Gasteiger partial charge is 0.256 e. The first-order chi connectivity index (χ1) is 11.1. The molecule has 24 heavy (non-hydrogen) atoms. The summed E-state index contributed by atoms with van der Waals surface area (Å²) in [6, 6.07) is 5.61. The van der Waals surface area contributed by atoms with Crippen LogP contribution in [0, 0.1) is 12.8 Å². The number of likely N-dealkylation sites (tertiary alicyclic amines) is 1. The van der Waals surface area contributed by atoms with Gasteiger partial charge in [-0.2, -0.15) is 0 Å². The van der Waals surface area contributed by atoms with Gasteiger partial charge in [0.05, 0.1) is 17.8 Å². The summed E-state index contributed by atoms with van der Waals surface area (Å²) in [6.07, 6.45) is 4.65. The average molecular weight is 352 g/mol. The van der Waals surface area contributed by atoms with Gasteiger partial charge < -0.3 is 15.5 Å². The first-order valence-corrected chi connectivity index (χ1v) is 8.54. The SMILES string of the molecule is Cc1cccc(NC(=O)CNCC2CC2)c1C(=O)N1CCCC1.Cl. The molecule has 0 bridgehead atoms. The number of nitrogens with zero attached hydrogens (tertiary/aromatic N) is 1. The van der Waals surface area contributed by atoms with Crippen molar-refractivity contribution in [3.63, 3.8) is 0 Å². The minimum atomic E-state index is -0.0910. The molecule has 1 aliphatic heterocycles. The van der Waals surface area contributed by atoms with E-state index in [9.17, 15) is 9.59 Å². The van der Waals surface area contributed by atoms with E-state index >= 15 is 0 Å². The Balaban J connectivity index is 0.00000208. The fourth-order valence-electron chi connectivity index (χ4n) is 3.04. The molecule has 2 amide bonds. The molecule has 132 valence electrons. The predicted octanol–water partition coefficient (Wildman–Crippen LogP) is 2.59. The molecule has 0 aromatic heterocycles. The molecule has 1 saturated heterocycles. The minimum Gasteiger partial charge on any atom is -0.339 e. The maximum Gasteiger partial charge on any atom is 0.256 e. The van der Waals surface area contributed by atoms with Gasteiger partial charge in [0.25, 0.3) is 5.91 Å². The number of halogens is 1. The van der Waals surface area contributed by atoms with Crippen molar-refractivity contribution in [3.05, 3.63) is 29.3 Å². The van der Waals surface area contributed by atoms with Crippen molar-refractivity contribution in [3.8, 4) is 0 Å². The Bertz CT molecular complexity index is 596. The van der Waals surface area contributed by atoms with Crippen LogP contribution < -0.4 is 10.6 Å². The number of benzene rings is 1. The Kier molecular flexibility index (Phi) is 6.63. The third-order valence-corrected chi connectivity index (χ3v) is 4.57. The number of carbonyl (C=O) groups is 2. The molecule has 2 aliphatic rings. The van der Waals surface area contributed by atoms with Gasteiger partial charge in [0.1, 0.15) is 0 Å². The predicted molar refractivity (Wildman–Crippen MR) is 97.8 cm³/mol. The number of rotatable bonds is 6. The van der Waals surface area contributed by atoms with Crippen LogP contribution in [0.15, 0.2) is 18.2 Å². The number of carbonyl (C=O) groups excluding carboxylic acids is 2. The van der Waals surface area contributed by atoms with Crippen molar-refractivity contribution >= 4 is 29.9 Å². The Morgan fingerprint density at radius 1 is 1.21 bits per heavy atom. The Morgan fingerprint density at radius 2 is 1.92 bits per heavy atom. The first kappa shape index (κ1) is 18.7. The van der Waals surface area contributed by atoms with E-state index in [0.717, 1.165) is 44.0 Å². The zero-order valence-electron chi connectivity index (χ0n) is 14.1. The number of aryl methyl sites for hydroxylation is 1. The highest BCUT2D eigenvalue weighted by molar-refractivity contribution is 6.05. The second-order valence-corrected chi connectivity index (χ2v) is 6.62. The van der Waals surface area contributed by atoms with Gasteiger partial charge >= 0.3 is 0 Å². The van der Waals surface area contributed by atoms with Crippen LogP contribution in [-0.2, 0) is 4.79 Å². The van der Waals surface area contributed by atoms with Gasteiger partial charge in [0.15, 0.2) is 0 Å². The molecular weight excluding hydrogens is 326 g/mol.